The van der Waals surface area contributed by atoms with E-state index in [0.29, 0.717) is 11.4 Å². The lowest BCUT2D eigenvalue weighted by Crippen LogP contribution is -2.46. The Labute approximate surface area is 227 Å². The predicted octanol–water partition coefficient (Wildman–Crippen LogP) is 5.46. The Kier molecular flexibility index (Phi) is 6.55. The smallest absolute Gasteiger partial charge is 0.298 e. The average molecular weight is 516 g/mol. The van der Waals surface area contributed by atoms with Crippen LogP contribution < -0.4 is 15.1 Å². The van der Waals surface area contributed by atoms with Crippen LogP contribution in [-0.4, -0.2) is 47.3 Å². The monoisotopic (exact) mass is 515 g/mol. The van der Waals surface area contributed by atoms with E-state index in [1.165, 1.54) is 0 Å². The summed E-state index contributed by atoms with van der Waals surface area (Å²) in [6, 6.07) is 31.1. The van der Waals surface area contributed by atoms with Crippen LogP contribution in [0.1, 0.15) is 16.2 Å². The highest BCUT2D eigenvalue weighted by Gasteiger charge is 2.25. The highest BCUT2D eigenvalue weighted by molar-refractivity contribution is 6.47. The number of pyridine rings is 2. The SMILES string of the molecule is Cc1cccc(N2CCN(c3ccc(NC(=O)C(=O)c4c(-c5ccccc5)cc5ccccn45)cc3)CC2)n1. The van der Waals surface area contributed by atoms with Gasteiger partial charge < -0.3 is 19.5 Å². The number of anilines is 3. The molecule has 7 nitrogen and oxygen atoms in total. The lowest BCUT2D eigenvalue weighted by molar-refractivity contribution is -0.112. The number of aromatic nitrogens is 2. The number of hydrogen-bond acceptors (Lipinski definition) is 5. The van der Waals surface area contributed by atoms with Gasteiger partial charge in [0.05, 0.1) is 0 Å². The molecule has 0 unspecified atom stereocenters. The molecule has 1 saturated heterocycles. The highest BCUT2D eigenvalue weighted by Crippen LogP contribution is 2.29. The number of amides is 1. The van der Waals surface area contributed by atoms with E-state index in [1.54, 1.807) is 4.40 Å². The van der Waals surface area contributed by atoms with Gasteiger partial charge in [0.15, 0.2) is 0 Å². The van der Waals surface area contributed by atoms with Gasteiger partial charge in [-0.3, -0.25) is 9.59 Å². The first-order chi connectivity index (χ1) is 19.1. The maximum absolute atomic E-state index is 13.5. The molecule has 1 N–H and O–H groups in total. The molecule has 5 aromatic rings. The maximum Gasteiger partial charge on any atom is 0.298 e. The third-order valence-electron chi connectivity index (χ3n) is 7.15. The van der Waals surface area contributed by atoms with Crippen molar-refractivity contribution < 1.29 is 9.59 Å². The zero-order chi connectivity index (χ0) is 26.8. The molecule has 39 heavy (non-hydrogen) atoms. The first-order valence-electron chi connectivity index (χ1n) is 13.1. The van der Waals surface area contributed by atoms with Crippen LogP contribution >= 0.6 is 0 Å². The van der Waals surface area contributed by atoms with Gasteiger partial charge in [-0.1, -0.05) is 42.5 Å². The predicted molar refractivity (Wildman–Crippen MR) is 156 cm³/mol. The number of nitrogens with zero attached hydrogens (tertiary/aromatic N) is 4. The lowest BCUT2D eigenvalue weighted by Gasteiger charge is -2.36. The van der Waals surface area contributed by atoms with Gasteiger partial charge in [0.25, 0.3) is 11.7 Å². The molecule has 6 rings (SSSR count). The summed E-state index contributed by atoms with van der Waals surface area (Å²) in [5, 5.41) is 2.80. The molecule has 0 saturated carbocycles. The molecular formula is C32H29N5O2. The number of hydrogen-bond donors (Lipinski definition) is 1. The number of benzene rings is 2. The van der Waals surface area contributed by atoms with E-state index in [-0.39, 0.29) is 0 Å². The van der Waals surface area contributed by atoms with E-state index in [4.69, 9.17) is 0 Å². The van der Waals surface area contributed by atoms with Crippen LogP contribution in [0, 0.1) is 6.92 Å². The van der Waals surface area contributed by atoms with Crippen molar-refractivity contribution in [3.05, 3.63) is 115 Å². The standard InChI is InChI=1S/C32H29N5O2/c1-23-8-7-12-29(33-23)36-20-18-35(19-21-36)26-15-13-25(14-16-26)34-32(39)31(38)30-28(24-9-3-2-4-10-24)22-27-11-5-6-17-37(27)30/h2-17,22H,18-21H2,1H3,(H,34,39). The Morgan fingerprint density at radius 3 is 2.23 bits per heavy atom. The van der Waals surface area contributed by atoms with Gasteiger partial charge in [0.2, 0.25) is 0 Å². The maximum atomic E-state index is 13.5. The van der Waals surface area contributed by atoms with Gasteiger partial charge >= 0.3 is 0 Å². The Bertz CT molecular complexity index is 1630. The molecule has 0 atom stereocenters. The number of Topliss-reactive ketones (excluding diaryl/α,β-unsaturated/α-hetero) is 1. The van der Waals surface area contributed by atoms with Crippen LogP contribution in [0.25, 0.3) is 16.6 Å². The number of carbonyl (C=O) groups is 2. The van der Waals surface area contributed by atoms with Crippen LogP contribution in [0.3, 0.4) is 0 Å². The Morgan fingerprint density at radius 1 is 0.769 bits per heavy atom. The van der Waals surface area contributed by atoms with Gasteiger partial charge in [-0.05, 0) is 67.1 Å². The van der Waals surface area contributed by atoms with Crippen molar-refractivity contribution in [2.75, 3.05) is 41.3 Å². The van der Waals surface area contributed by atoms with Crippen molar-refractivity contribution >= 4 is 34.4 Å². The molecular weight excluding hydrogens is 486 g/mol. The van der Waals surface area contributed by atoms with Gasteiger partial charge in [-0.2, -0.15) is 0 Å². The Morgan fingerprint density at radius 2 is 1.49 bits per heavy atom. The molecule has 0 aliphatic carbocycles. The van der Waals surface area contributed by atoms with Crippen LogP contribution in [0.5, 0.6) is 0 Å². The number of fused-ring (bicyclic) bond motifs is 1. The zero-order valence-corrected chi connectivity index (χ0v) is 21.7. The first-order valence-corrected chi connectivity index (χ1v) is 13.1. The summed E-state index contributed by atoms with van der Waals surface area (Å²) in [7, 11) is 0. The lowest BCUT2D eigenvalue weighted by atomic mass is 10.0. The van der Waals surface area contributed by atoms with E-state index in [0.717, 1.165) is 60.0 Å². The first kappa shape index (κ1) is 24.4. The molecule has 0 bridgehead atoms. The van der Waals surface area contributed by atoms with E-state index < -0.39 is 11.7 Å². The zero-order valence-electron chi connectivity index (χ0n) is 21.7. The minimum absolute atomic E-state index is 0.354. The van der Waals surface area contributed by atoms with Crippen LogP contribution in [0.4, 0.5) is 17.2 Å². The number of nitrogens with one attached hydrogen (secondary N) is 1. The summed E-state index contributed by atoms with van der Waals surface area (Å²) in [6.07, 6.45) is 1.81. The quantitative estimate of drug-likeness (QED) is 0.240. The number of carbonyl (C=O) groups excluding carboxylic acids is 2. The molecule has 0 spiro atoms. The molecule has 1 aliphatic heterocycles. The molecule has 194 valence electrons. The second-order valence-corrected chi connectivity index (χ2v) is 9.71. The van der Waals surface area contributed by atoms with Crippen molar-refractivity contribution in [2.45, 2.75) is 6.92 Å². The minimum atomic E-state index is -0.664. The second kappa shape index (κ2) is 10.5. The summed E-state index contributed by atoms with van der Waals surface area (Å²) in [6.45, 7) is 5.54. The molecule has 3 aromatic heterocycles. The summed E-state index contributed by atoms with van der Waals surface area (Å²) in [5.74, 6) is -0.225. The molecule has 4 heterocycles. The van der Waals surface area contributed by atoms with Gasteiger partial charge in [0.1, 0.15) is 11.5 Å². The number of aryl methyl sites for hydroxylation is 1. The Balaban J connectivity index is 1.15. The molecule has 2 aromatic carbocycles. The molecule has 0 radical (unpaired) electrons. The van der Waals surface area contributed by atoms with E-state index in [1.807, 2.05) is 104 Å². The van der Waals surface area contributed by atoms with E-state index in [2.05, 4.69) is 26.2 Å². The fourth-order valence-electron chi connectivity index (χ4n) is 5.14. The third-order valence-corrected chi connectivity index (χ3v) is 7.15. The molecule has 1 fully saturated rings. The molecule has 1 aliphatic rings. The van der Waals surface area contributed by atoms with Gasteiger partial charge in [-0.25, -0.2) is 4.98 Å². The number of ketones is 1. The fraction of sp³-hybridized carbons (Fsp3) is 0.156. The minimum Gasteiger partial charge on any atom is -0.368 e. The van der Waals surface area contributed by atoms with Crippen molar-refractivity contribution in [1.82, 2.24) is 9.38 Å². The van der Waals surface area contributed by atoms with E-state index in [9.17, 15) is 9.59 Å². The summed E-state index contributed by atoms with van der Waals surface area (Å²) >= 11 is 0. The normalized spacial score (nSPS) is 13.5. The summed E-state index contributed by atoms with van der Waals surface area (Å²) in [5.41, 5.74) is 5.52. The summed E-state index contributed by atoms with van der Waals surface area (Å²) in [4.78, 5) is 35.8. The number of piperazine rings is 1. The Hall–Kier alpha value is -4.91. The van der Waals surface area contributed by atoms with Gasteiger partial charge in [0, 0.05) is 60.5 Å². The van der Waals surface area contributed by atoms with Crippen LogP contribution in [0.15, 0.2) is 103 Å². The average Bonchev–Trinajstić information content (AvgIpc) is 3.37. The van der Waals surface area contributed by atoms with Crippen molar-refractivity contribution in [3.8, 4) is 11.1 Å². The largest absolute Gasteiger partial charge is 0.368 e. The van der Waals surface area contributed by atoms with Gasteiger partial charge in [-0.15, -0.1) is 0 Å². The highest BCUT2D eigenvalue weighted by atomic mass is 16.2. The van der Waals surface area contributed by atoms with Crippen molar-refractivity contribution in [1.29, 1.82) is 0 Å². The molecule has 7 heteroatoms. The van der Waals surface area contributed by atoms with Crippen LogP contribution in [0.2, 0.25) is 0 Å². The topological polar surface area (TPSA) is 70.0 Å². The summed E-state index contributed by atoms with van der Waals surface area (Å²) < 4.78 is 1.78. The van der Waals surface area contributed by atoms with Crippen LogP contribution in [-0.2, 0) is 4.79 Å². The fourth-order valence-corrected chi connectivity index (χ4v) is 5.14. The third kappa shape index (κ3) is 4.99. The number of rotatable bonds is 6. The van der Waals surface area contributed by atoms with E-state index >= 15 is 0 Å². The second-order valence-electron chi connectivity index (χ2n) is 9.71. The van der Waals surface area contributed by atoms with Crippen molar-refractivity contribution in [2.24, 2.45) is 0 Å². The molecule has 1 amide bonds. The van der Waals surface area contributed by atoms with Crippen molar-refractivity contribution in [3.63, 3.8) is 0 Å².